The number of ether oxygens (including phenoxy) is 1. The summed E-state index contributed by atoms with van der Waals surface area (Å²) < 4.78 is 31.9. The molecule has 18 heavy (non-hydrogen) atoms. The third-order valence-electron chi connectivity index (χ3n) is 2.94. The lowest BCUT2D eigenvalue weighted by atomic mass is 10.2. The molecule has 2 atom stereocenters. The molecule has 1 aliphatic heterocycles. The van der Waals surface area contributed by atoms with Crippen LogP contribution in [0.4, 0.5) is 0 Å². The Hall–Kier alpha value is -0.630. The van der Waals surface area contributed by atoms with Crippen molar-refractivity contribution in [3.63, 3.8) is 0 Å². The number of hydrogen-bond acceptors (Lipinski definition) is 4. The van der Waals surface area contributed by atoms with Gasteiger partial charge >= 0.3 is 0 Å². The number of nitrogens with one attached hydrogen (secondary N) is 1. The summed E-state index contributed by atoms with van der Waals surface area (Å²) in [4.78, 5) is 0. The monoisotopic (exact) mass is 293 g/mol. The topological polar surface area (TPSA) is 75.3 Å². The second-order valence-electron chi connectivity index (χ2n) is 4.43. The summed E-state index contributed by atoms with van der Waals surface area (Å²) in [6.45, 7) is 4.40. The van der Waals surface area contributed by atoms with Gasteiger partial charge in [-0.25, -0.2) is 8.42 Å². The Labute approximate surface area is 111 Å². The first-order valence-electron chi connectivity index (χ1n) is 5.68. The summed E-state index contributed by atoms with van der Waals surface area (Å²) in [5, 5.41) is 6.36. The van der Waals surface area contributed by atoms with E-state index in [1.54, 1.807) is 0 Å². The molecule has 1 aromatic heterocycles. The molecule has 1 fully saturated rings. The van der Waals surface area contributed by atoms with Gasteiger partial charge in [0.05, 0.1) is 24.8 Å². The van der Waals surface area contributed by atoms with Crippen LogP contribution < -0.4 is 0 Å². The number of hydrogen-bond donors (Lipinski definition) is 1. The molecule has 1 N–H and O–H groups in total. The van der Waals surface area contributed by atoms with E-state index >= 15 is 0 Å². The lowest BCUT2D eigenvalue weighted by Crippen LogP contribution is -2.50. The lowest BCUT2D eigenvalue weighted by Gasteiger charge is -2.35. The summed E-state index contributed by atoms with van der Waals surface area (Å²) in [6, 6.07) is -0.197. The molecule has 0 spiro atoms. The molecule has 0 bridgehead atoms. The van der Waals surface area contributed by atoms with Crippen LogP contribution in [0.1, 0.15) is 19.4 Å². The van der Waals surface area contributed by atoms with Crippen LogP contribution in [0.5, 0.6) is 0 Å². The van der Waals surface area contributed by atoms with Crippen LogP contribution in [-0.2, 0) is 20.6 Å². The van der Waals surface area contributed by atoms with Gasteiger partial charge in [-0.05, 0) is 13.8 Å². The van der Waals surface area contributed by atoms with Crippen molar-refractivity contribution in [2.75, 3.05) is 13.2 Å². The average molecular weight is 294 g/mol. The minimum absolute atomic E-state index is 0.0819. The summed E-state index contributed by atoms with van der Waals surface area (Å²) in [7, 11) is -3.59. The van der Waals surface area contributed by atoms with Gasteiger partial charge in [0.2, 0.25) is 0 Å². The first kappa shape index (κ1) is 13.8. The van der Waals surface area contributed by atoms with Crippen LogP contribution >= 0.6 is 11.6 Å². The van der Waals surface area contributed by atoms with Crippen LogP contribution in [-0.4, -0.2) is 48.2 Å². The van der Waals surface area contributed by atoms with E-state index in [4.69, 9.17) is 16.3 Å². The molecule has 6 nitrogen and oxygen atoms in total. The quantitative estimate of drug-likeness (QED) is 0.842. The fourth-order valence-corrected chi connectivity index (χ4v) is 4.02. The van der Waals surface area contributed by atoms with E-state index in [0.29, 0.717) is 18.7 Å². The van der Waals surface area contributed by atoms with E-state index < -0.39 is 10.0 Å². The SMILES string of the molecule is CC1CN(S(=O)(=O)c2[nH]ncc2CCl)C(C)CO1. The molecule has 102 valence electrons. The summed E-state index contributed by atoms with van der Waals surface area (Å²) in [6.07, 6.45) is 1.33. The predicted molar refractivity (Wildman–Crippen MR) is 66.9 cm³/mol. The summed E-state index contributed by atoms with van der Waals surface area (Å²) in [5.74, 6) is 0.110. The first-order valence-corrected chi connectivity index (χ1v) is 7.66. The Morgan fingerprint density at radius 3 is 3.00 bits per heavy atom. The molecule has 0 aliphatic carbocycles. The second kappa shape index (κ2) is 5.16. The van der Waals surface area contributed by atoms with Gasteiger partial charge in [0.1, 0.15) is 0 Å². The smallest absolute Gasteiger partial charge is 0.260 e. The molecule has 2 unspecified atom stereocenters. The highest BCUT2D eigenvalue weighted by molar-refractivity contribution is 7.89. The molecule has 1 saturated heterocycles. The number of rotatable bonds is 3. The van der Waals surface area contributed by atoms with Gasteiger partial charge in [-0.3, -0.25) is 5.10 Å². The van der Waals surface area contributed by atoms with Crippen molar-refractivity contribution in [2.24, 2.45) is 0 Å². The number of nitrogens with zero attached hydrogens (tertiary/aromatic N) is 2. The minimum atomic E-state index is -3.59. The molecular formula is C10H16ClN3O3S. The zero-order valence-corrected chi connectivity index (χ0v) is 11.8. The molecule has 2 heterocycles. The van der Waals surface area contributed by atoms with Crippen molar-refractivity contribution in [2.45, 2.75) is 36.9 Å². The highest BCUT2D eigenvalue weighted by Crippen LogP contribution is 2.24. The Morgan fingerprint density at radius 1 is 1.61 bits per heavy atom. The molecular weight excluding hydrogens is 278 g/mol. The maximum Gasteiger partial charge on any atom is 0.260 e. The first-order chi connectivity index (χ1) is 8.46. The molecule has 2 rings (SSSR count). The van der Waals surface area contributed by atoms with E-state index in [9.17, 15) is 8.42 Å². The molecule has 0 aromatic carbocycles. The van der Waals surface area contributed by atoms with Gasteiger partial charge in [0.25, 0.3) is 10.0 Å². The summed E-state index contributed by atoms with van der Waals surface area (Å²) >= 11 is 5.72. The van der Waals surface area contributed by atoms with Crippen molar-refractivity contribution in [1.82, 2.24) is 14.5 Å². The second-order valence-corrected chi connectivity index (χ2v) is 6.52. The Kier molecular flexibility index (Phi) is 3.96. The van der Waals surface area contributed by atoms with Crippen molar-refractivity contribution in [3.8, 4) is 0 Å². The fourth-order valence-electron chi connectivity index (χ4n) is 1.94. The van der Waals surface area contributed by atoms with E-state index in [1.807, 2.05) is 13.8 Å². The number of aromatic nitrogens is 2. The minimum Gasteiger partial charge on any atom is -0.375 e. The number of aromatic amines is 1. The van der Waals surface area contributed by atoms with Crippen molar-refractivity contribution in [1.29, 1.82) is 0 Å². The van der Waals surface area contributed by atoms with Crippen LogP contribution in [0.3, 0.4) is 0 Å². The van der Waals surface area contributed by atoms with Crippen LogP contribution in [0.2, 0.25) is 0 Å². The molecule has 1 aromatic rings. The van der Waals surface area contributed by atoms with Crippen LogP contribution in [0, 0.1) is 0 Å². The number of sulfonamides is 1. The third-order valence-corrected chi connectivity index (χ3v) is 5.22. The van der Waals surface area contributed by atoms with Gasteiger partial charge in [0.15, 0.2) is 5.03 Å². The Balaban J connectivity index is 2.36. The van der Waals surface area contributed by atoms with Gasteiger partial charge in [0, 0.05) is 18.2 Å². The maximum absolute atomic E-state index is 12.5. The molecule has 8 heteroatoms. The van der Waals surface area contributed by atoms with Gasteiger partial charge < -0.3 is 4.74 Å². The van der Waals surface area contributed by atoms with Gasteiger partial charge in [-0.1, -0.05) is 0 Å². The Morgan fingerprint density at radius 2 is 2.33 bits per heavy atom. The lowest BCUT2D eigenvalue weighted by molar-refractivity contribution is -0.0171. The zero-order chi connectivity index (χ0) is 13.3. The highest BCUT2D eigenvalue weighted by atomic mass is 35.5. The normalized spacial score (nSPS) is 26.4. The number of morpholine rings is 1. The predicted octanol–water partition coefficient (Wildman–Crippen LogP) is 0.946. The van der Waals surface area contributed by atoms with E-state index in [0.717, 1.165) is 0 Å². The Bertz CT molecular complexity index is 516. The number of H-pyrrole nitrogens is 1. The van der Waals surface area contributed by atoms with E-state index in [2.05, 4.69) is 10.2 Å². The van der Waals surface area contributed by atoms with E-state index in [1.165, 1.54) is 10.5 Å². The highest BCUT2D eigenvalue weighted by Gasteiger charge is 2.36. The average Bonchev–Trinajstić information content (AvgIpc) is 2.81. The standard InChI is InChI=1S/C10H16ClN3O3S/c1-7-6-17-8(2)5-14(7)18(15,16)10-9(3-11)4-12-13-10/h4,7-8H,3,5-6H2,1-2H3,(H,12,13). The van der Waals surface area contributed by atoms with Crippen molar-refractivity contribution >= 4 is 21.6 Å². The summed E-state index contributed by atoms with van der Waals surface area (Å²) in [5.41, 5.74) is 0.489. The van der Waals surface area contributed by atoms with Gasteiger partial charge in [-0.2, -0.15) is 9.40 Å². The fraction of sp³-hybridized carbons (Fsp3) is 0.700. The van der Waals surface area contributed by atoms with Crippen LogP contribution in [0.25, 0.3) is 0 Å². The molecule has 0 radical (unpaired) electrons. The molecule has 0 amide bonds. The largest absolute Gasteiger partial charge is 0.375 e. The zero-order valence-electron chi connectivity index (χ0n) is 10.3. The van der Waals surface area contributed by atoms with Gasteiger partial charge in [-0.15, -0.1) is 11.6 Å². The molecule has 0 saturated carbocycles. The van der Waals surface area contributed by atoms with Crippen molar-refractivity contribution < 1.29 is 13.2 Å². The number of alkyl halides is 1. The van der Waals surface area contributed by atoms with Crippen LogP contribution in [0.15, 0.2) is 11.2 Å². The molecule has 1 aliphatic rings. The third kappa shape index (κ3) is 2.40. The number of halogens is 1. The maximum atomic E-state index is 12.5. The van der Waals surface area contributed by atoms with Crippen molar-refractivity contribution in [3.05, 3.63) is 11.8 Å². The van der Waals surface area contributed by atoms with E-state index in [-0.39, 0.29) is 23.1 Å².